The summed E-state index contributed by atoms with van der Waals surface area (Å²) in [6, 6.07) is 9.94. The molecule has 0 aliphatic heterocycles. The van der Waals surface area contributed by atoms with E-state index < -0.39 is 5.41 Å². The largest absolute Gasteiger partial charge is 0.508 e. The molecule has 3 N–H and O–H groups in total. The topological polar surface area (TPSA) is 69.9 Å². The molecule has 2 aromatic rings. The lowest BCUT2D eigenvalue weighted by atomic mass is 9.85. The molecule has 24 heavy (non-hydrogen) atoms. The highest BCUT2D eigenvalue weighted by molar-refractivity contribution is 5.44. The molecule has 0 aliphatic rings. The minimum absolute atomic E-state index is 0.00968. The molecule has 0 heterocycles. The molecular formula is C20H26O4. The number of hydrogen-bond donors (Lipinski definition) is 3. The zero-order valence-corrected chi connectivity index (χ0v) is 14.9. The maximum absolute atomic E-state index is 10.2. The van der Waals surface area contributed by atoms with Crippen molar-refractivity contribution < 1.29 is 20.1 Å². The van der Waals surface area contributed by atoms with Crippen LogP contribution >= 0.6 is 0 Å². The van der Waals surface area contributed by atoms with Crippen LogP contribution < -0.4 is 4.74 Å². The molecule has 0 unspecified atom stereocenters. The van der Waals surface area contributed by atoms with Crippen LogP contribution in [0.25, 0.3) is 0 Å². The van der Waals surface area contributed by atoms with Gasteiger partial charge in [-0.1, -0.05) is 40.7 Å². The first-order valence-corrected chi connectivity index (χ1v) is 7.99. The number of benzene rings is 2. The molecule has 4 nitrogen and oxygen atoms in total. The summed E-state index contributed by atoms with van der Waals surface area (Å²) < 4.78 is 5.79. The summed E-state index contributed by atoms with van der Waals surface area (Å²) in [7, 11) is 0. The first-order chi connectivity index (χ1) is 11.0. The summed E-state index contributed by atoms with van der Waals surface area (Å²) in [6.45, 7) is 10.4. The summed E-state index contributed by atoms with van der Waals surface area (Å²) in [4.78, 5) is 0. The molecule has 0 aliphatic carbocycles. The summed E-state index contributed by atoms with van der Waals surface area (Å²) in [6.07, 6.45) is 0. The molecule has 0 aromatic heterocycles. The van der Waals surface area contributed by atoms with Gasteiger partial charge in [0.15, 0.2) is 11.5 Å². The molecular weight excluding hydrogens is 304 g/mol. The van der Waals surface area contributed by atoms with Crippen LogP contribution in [-0.2, 0) is 10.8 Å². The van der Waals surface area contributed by atoms with Gasteiger partial charge in [-0.25, -0.2) is 0 Å². The number of rotatable bonds is 4. The summed E-state index contributed by atoms with van der Waals surface area (Å²) in [5.74, 6) is 0.545. The second-order valence-electron chi connectivity index (χ2n) is 7.84. The molecule has 2 rings (SSSR count). The van der Waals surface area contributed by atoms with E-state index in [9.17, 15) is 15.3 Å². The van der Waals surface area contributed by atoms with Crippen molar-refractivity contribution in [3.05, 3.63) is 47.5 Å². The van der Waals surface area contributed by atoms with E-state index in [1.54, 1.807) is 24.3 Å². The fourth-order valence-corrected chi connectivity index (χ4v) is 2.43. The highest BCUT2D eigenvalue weighted by Crippen LogP contribution is 2.35. The second-order valence-corrected chi connectivity index (χ2v) is 7.84. The van der Waals surface area contributed by atoms with Crippen molar-refractivity contribution in [2.45, 2.75) is 45.4 Å². The number of phenolic OH excluding ortho intramolecular Hbond substituents is 3. The lowest BCUT2D eigenvalue weighted by molar-refractivity contribution is 0.231. The van der Waals surface area contributed by atoms with E-state index in [1.165, 1.54) is 6.07 Å². The van der Waals surface area contributed by atoms with Crippen molar-refractivity contribution in [2.75, 3.05) is 6.61 Å². The predicted molar refractivity (Wildman–Crippen MR) is 95.1 cm³/mol. The van der Waals surface area contributed by atoms with Gasteiger partial charge in [-0.05, 0) is 40.8 Å². The Morgan fingerprint density at radius 2 is 1.38 bits per heavy atom. The zero-order chi connectivity index (χ0) is 18.1. The molecule has 0 radical (unpaired) electrons. The van der Waals surface area contributed by atoms with Crippen LogP contribution in [-0.4, -0.2) is 21.9 Å². The van der Waals surface area contributed by atoms with Crippen molar-refractivity contribution in [1.29, 1.82) is 0 Å². The molecule has 0 saturated heterocycles. The lowest BCUT2D eigenvalue weighted by Gasteiger charge is -2.26. The SMILES string of the molecule is CC(C)(C)c1ccc(OCC(C)(C)c2cc(O)cc(O)c2)c(O)c1. The van der Waals surface area contributed by atoms with Crippen LogP contribution in [0.1, 0.15) is 45.7 Å². The van der Waals surface area contributed by atoms with E-state index >= 15 is 0 Å². The Kier molecular flexibility index (Phi) is 4.70. The lowest BCUT2D eigenvalue weighted by Crippen LogP contribution is -2.26. The first-order valence-electron chi connectivity index (χ1n) is 7.99. The van der Waals surface area contributed by atoms with Crippen LogP contribution in [0, 0.1) is 0 Å². The number of phenols is 3. The van der Waals surface area contributed by atoms with Crippen molar-refractivity contribution in [3.8, 4) is 23.0 Å². The maximum atomic E-state index is 10.2. The molecule has 4 heteroatoms. The quantitative estimate of drug-likeness (QED) is 0.774. The predicted octanol–water partition coefficient (Wildman–Crippen LogP) is 4.46. The van der Waals surface area contributed by atoms with Crippen molar-refractivity contribution >= 4 is 0 Å². The molecule has 0 bridgehead atoms. The van der Waals surface area contributed by atoms with Crippen molar-refractivity contribution in [3.63, 3.8) is 0 Å². The monoisotopic (exact) mass is 330 g/mol. The Hall–Kier alpha value is -2.36. The fraction of sp³-hybridized carbons (Fsp3) is 0.400. The molecule has 2 aromatic carbocycles. The number of hydrogen-bond acceptors (Lipinski definition) is 4. The van der Waals surface area contributed by atoms with Gasteiger partial charge in [-0.2, -0.15) is 0 Å². The number of aromatic hydroxyl groups is 3. The molecule has 0 saturated carbocycles. The van der Waals surface area contributed by atoms with Crippen LogP contribution in [0.2, 0.25) is 0 Å². The van der Waals surface area contributed by atoms with Gasteiger partial charge in [0.2, 0.25) is 0 Å². The Labute approximate surface area is 143 Å². The minimum atomic E-state index is -0.453. The third kappa shape index (κ3) is 4.13. The highest BCUT2D eigenvalue weighted by Gasteiger charge is 2.24. The standard InChI is InChI=1S/C20H26O4/c1-19(2,3)13-6-7-18(17(23)10-13)24-12-20(4,5)14-8-15(21)11-16(22)9-14/h6-11,21-23H,12H2,1-5H3. The molecule has 0 amide bonds. The van der Waals surface area contributed by atoms with Gasteiger partial charge in [-0.3, -0.25) is 0 Å². The third-order valence-electron chi connectivity index (χ3n) is 4.10. The van der Waals surface area contributed by atoms with Crippen LogP contribution in [0.4, 0.5) is 0 Å². The second kappa shape index (κ2) is 6.27. The first kappa shape index (κ1) is 18.0. The normalized spacial score (nSPS) is 12.2. The van der Waals surface area contributed by atoms with Crippen LogP contribution in [0.5, 0.6) is 23.0 Å². The smallest absolute Gasteiger partial charge is 0.160 e. The van der Waals surface area contributed by atoms with Gasteiger partial charge in [0.1, 0.15) is 11.5 Å². The third-order valence-corrected chi connectivity index (χ3v) is 4.10. The Bertz CT molecular complexity index is 707. The van der Waals surface area contributed by atoms with E-state index in [0.29, 0.717) is 5.75 Å². The van der Waals surface area contributed by atoms with E-state index in [2.05, 4.69) is 20.8 Å². The van der Waals surface area contributed by atoms with E-state index in [0.717, 1.165) is 11.1 Å². The molecule has 0 fully saturated rings. The molecule has 0 spiro atoms. The van der Waals surface area contributed by atoms with Gasteiger partial charge in [0.25, 0.3) is 0 Å². The van der Waals surface area contributed by atoms with Gasteiger partial charge >= 0.3 is 0 Å². The molecule has 130 valence electrons. The van der Waals surface area contributed by atoms with Gasteiger partial charge in [-0.15, -0.1) is 0 Å². The summed E-state index contributed by atoms with van der Waals surface area (Å²) in [5.41, 5.74) is 1.29. The Balaban J connectivity index is 2.17. The van der Waals surface area contributed by atoms with Crippen molar-refractivity contribution in [2.24, 2.45) is 0 Å². The van der Waals surface area contributed by atoms with E-state index in [1.807, 2.05) is 19.9 Å². The fourth-order valence-electron chi connectivity index (χ4n) is 2.43. The van der Waals surface area contributed by atoms with Gasteiger partial charge in [0, 0.05) is 11.5 Å². The van der Waals surface area contributed by atoms with E-state index in [4.69, 9.17) is 4.74 Å². The van der Waals surface area contributed by atoms with E-state index in [-0.39, 0.29) is 29.3 Å². The zero-order valence-electron chi connectivity index (χ0n) is 14.9. The Morgan fingerprint density at radius 1 is 0.792 bits per heavy atom. The van der Waals surface area contributed by atoms with Gasteiger partial charge < -0.3 is 20.1 Å². The summed E-state index contributed by atoms with van der Waals surface area (Å²) in [5, 5.41) is 29.5. The average Bonchev–Trinajstić information content (AvgIpc) is 2.44. The number of ether oxygens (including phenoxy) is 1. The summed E-state index contributed by atoms with van der Waals surface area (Å²) >= 11 is 0. The molecule has 0 atom stereocenters. The Morgan fingerprint density at radius 3 is 1.88 bits per heavy atom. The van der Waals surface area contributed by atoms with Crippen LogP contribution in [0.15, 0.2) is 36.4 Å². The maximum Gasteiger partial charge on any atom is 0.160 e. The highest BCUT2D eigenvalue weighted by atomic mass is 16.5. The van der Waals surface area contributed by atoms with Crippen LogP contribution in [0.3, 0.4) is 0 Å². The van der Waals surface area contributed by atoms with Crippen molar-refractivity contribution in [1.82, 2.24) is 0 Å². The van der Waals surface area contributed by atoms with Gasteiger partial charge in [0.05, 0.1) is 6.61 Å². The average molecular weight is 330 g/mol. The minimum Gasteiger partial charge on any atom is -0.508 e.